The summed E-state index contributed by atoms with van der Waals surface area (Å²) < 4.78 is 11.1. The molecule has 5 heteroatoms. The lowest BCUT2D eigenvalue weighted by Crippen LogP contribution is -2.27. The minimum atomic E-state index is -0.478. The van der Waals surface area contributed by atoms with E-state index in [2.05, 4.69) is 0 Å². The highest BCUT2D eigenvalue weighted by Gasteiger charge is 2.36. The normalized spacial score (nSPS) is 16.0. The van der Waals surface area contributed by atoms with E-state index >= 15 is 0 Å². The second kappa shape index (κ2) is 6.97. The molecule has 1 aliphatic heterocycles. The Bertz CT molecular complexity index is 1060. The summed E-state index contributed by atoms with van der Waals surface area (Å²) >= 11 is 6.07. The van der Waals surface area contributed by atoms with Crippen molar-refractivity contribution >= 4 is 28.3 Å². The third kappa shape index (κ3) is 3.02. The zero-order chi connectivity index (χ0) is 19.0. The number of hydrogen-bond donors (Lipinski definition) is 1. The van der Waals surface area contributed by atoms with Crippen molar-refractivity contribution in [3.8, 4) is 5.75 Å². The van der Waals surface area contributed by atoms with Gasteiger partial charge in [0.05, 0.1) is 12.5 Å². The van der Waals surface area contributed by atoms with Crippen LogP contribution in [0.3, 0.4) is 0 Å². The first-order valence-electron chi connectivity index (χ1n) is 8.72. The highest BCUT2D eigenvalue weighted by atomic mass is 35.5. The number of rotatable bonds is 3. The molecule has 0 amide bonds. The number of carbonyl (C=O) groups excluding carboxylic acids is 1. The molecule has 1 atom stereocenters. The van der Waals surface area contributed by atoms with Crippen molar-refractivity contribution in [3.63, 3.8) is 0 Å². The van der Waals surface area contributed by atoms with E-state index in [-0.39, 0.29) is 12.5 Å². The Balaban J connectivity index is 2.01. The first-order valence-corrected chi connectivity index (χ1v) is 9.09. The molecule has 4 nitrogen and oxygen atoms in total. The fourth-order valence-corrected chi connectivity index (χ4v) is 3.66. The average Bonchev–Trinajstić information content (AvgIpc) is 2.67. The molecule has 0 fully saturated rings. The van der Waals surface area contributed by atoms with Gasteiger partial charge in [-0.3, -0.25) is 0 Å². The van der Waals surface area contributed by atoms with Crippen LogP contribution < -0.4 is 10.5 Å². The van der Waals surface area contributed by atoms with Crippen LogP contribution in [0.1, 0.15) is 24.0 Å². The van der Waals surface area contributed by atoms with Crippen LogP contribution in [0.4, 0.5) is 0 Å². The maximum absolute atomic E-state index is 12.7. The van der Waals surface area contributed by atoms with Gasteiger partial charge in [0.1, 0.15) is 11.3 Å². The van der Waals surface area contributed by atoms with Crippen molar-refractivity contribution in [1.29, 1.82) is 0 Å². The summed E-state index contributed by atoms with van der Waals surface area (Å²) in [5.74, 6) is -0.180. The summed E-state index contributed by atoms with van der Waals surface area (Å²) in [6.07, 6.45) is 0. The Labute approximate surface area is 162 Å². The van der Waals surface area contributed by atoms with Gasteiger partial charge in [-0.15, -0.1) is 0 Å². The molecule has 1 aliphatic rings. The molecule has 2 N–H and O–H groups in total. The second-order valence-electron chi connectivity index (χ2n) is 6.28. The standard InChI is InChI=1S/C22H18ClNO3/c1-2-26-22(25)20-18(14-7-10-15(23)11-8-14)19-16-6-4-3-5-13(16)9-12-17(19)27-21(20)24/h3-12,18H,2,24H2,1H3/t18-/m1/s1. The molecule has 0 saturated carbocycles. The first-order chi connectivity index (χ1) is 13.1. The summed E-state index contributed by atoms with van der Waals surface area (Å²) in [6.45, 7) is 2.02. The molecule has 0 bridgehead atoms. The van der Waals surface area contributed by atoms with Gasteiger partial charge < -0.3 is 15.2 Å². The third-order valence-electron chi connectivity index (χ3n) is 4.69. The number of hydrogen-bond acceptors (Lipinski definition) is 4. The van der Waals surface area contributed by atoms with Gasteiger partial charge in [0.2, 0.25) is 5.88 Å². The van der Waals surface area contributed by atoms with Gasteiger partial charge in [0.15, 0.2) is 0 Å². The molecule has 27 heavy (non-hydrogen) atoms. The van der Waals surface area contributed by atoms with Crippen LogP contribution in [-0.2, 0) is 9.53 Å². The Hall–Kier alpha value is -2.98. The quantitative estimate of drug-likeness (QED) is 0.667. The summed E-state index contributed by atoms with van der Waals surface area (Å²) in [5, 5.41) is 2.69. The summed E-state index contributed by atoms with van der Waals surface area (Å²) in [7, 11) is 0. The monoisotopic (exact) mass is 379 g/mol. The van der Waals surface area contributed by atoms with Crippen molar-refractivity contribution in [2.24, 2.45) is 5.73 Å². The molecule has 0 aromatic heterocycles. The van der Waals surface area contributed by atoms with Crippen molar-refractivity contribution in [2.75, 3.05) is 6.61 Å². The van der Waals surface area contributed by atoms with Crippen molar-refractivity contribution in [3.05, 3.63) is 88.3 Å². The van der Waals surface area contributed by atoms with E-state index in [4.69, 9.17) is 26.8 Å². The zero-order valence-corrected chi connectivity index (χ0v) is 15.5. The molecule has 1 heterocycles. The van der Waals surface area contributed by atoms with E-state index < -0.39 is 11.9 Å². The van der Waals surface area contributed by atoms with Gasteiger partial charge in [0, 0.05) is 10.6 Å². The van der Waals surface area contributed by atoms with Crippen LogP contribution in [0, 0.1) is 0 Å². The van der Waals surface area contributed by atoms with E-state index in [0.717, 1.165) is 21.9 Å². The Morgan fingerprint density at radius 2 is 1.85 bits per heavy atom. The average molecular weight is 380 g/mol. The molecule has 3 aromatic rings. The predicted octanol–water partition coefficient (Wildman–Crippen LogP) is 4.75. The molecule has 0 unspecified atom stereocenters. The number of benzene rings is 3. The fourth-order valence-electron chi connectivity index (χ4n) is 3.54. The van der Waals surface area contributed by atoms with Gasteiger partial charge in [-0.1, -0.05) is 54.1 Å². The molecule has 136 valence electrons. The van der Waals surface area contributed by atoms with Gasteiger partial charge in [-0.25, -0.2) is 4.79 Å². The minimum Gasteiger partial charge on any atom is -0.462 e. The van der Waals surface area contributed by atoms with Gasteiger partial charge in [-0.2, -0.15) is 0 Å². The van der Waals surface area contributed by atoms with Crippen LogP contribution in [-0.4, -0.2) is 12.6 Å². The summed E-state index contributed by atoms with van der Waals surface area (Å²) in [5.41, 5.74) is 8.26. The van der Waals surface area contributed by atoms with Crippen LogP contribution in [0.15, 0.2) is 72.1 Å². The lowest BCUT2D eigenvalue weighted by Gasteiger charge is -2.29. The first kappa shape index (κ1) is 17.4. The summed E-state index contributed by atoms with van der Waals surface area (Å²) in [6, 6.07) is 19.3. The molecule has 4 rings (SSSR count). The fraction of sp³-hybridized carbons (Fsp3) is 0.136. The molecule has 0 aliphatic carbocycles. The Morgan fingerprint density at radius 1 is 1.11 bits per heavy atom. The molecule has 0 radical (unpaired) electrons. The SMILES string of the molecule is CCOC(=O)C1=C(N)Oc2ccc3ccccc3c2[C@H]1c1ccc(Cl)cc1. The van der Waals surface area contributed by atoms with Crippen molar-refractivity contribution in [2.45, 2.75) is 12.8 Å². The topological polar surface area (TPSA) is 61.5 Å². The third-order valence-corrected chi connectivity index (χ3v) is 4.94. The van der Waals surface area contributed by atoms with Crippen LogP contribution in [0.5, 0.6) is 5.75 Å². The maximum Gasteiger partial charge on any atom is 0.340 e. The Kier molecular flexibility index (Phi) is 4.50. The van der Waals surface area contributed by atoms with E-state index in [1.807, 2.05) is 48.5 Å². The van der Waals surface area contributed by atoms with E-state index in [1.165, 1.54) is 0 Å². The van der Waals surface area contributed by atoms with Gasteiger partial charge in [-0.05, 0) is 41.5 Å². The van der Waals surface area contributed by atoms with E-state index in [1.54, 1.807) is 19.1 Å². The maximum atomic E-state index is 12.7. The van der Waals surface area contributed by atoms with E-state index in [0.29, 0.717) is 16.3 Å². The molecule has 0 saturated heterocycles. The number of carbonyl (C=O) groups is 1. The van der Waals surface area contributed by atoms with Crippen LogP contribution in [0.25, 0.3) is 10.8 Å². The molecule has 3 aromatic carbocycles. The van der Waals surface area contributed by atoms with Crippen LogP contribution >= 0.6 is 11.6 Å². The smallest absolute Gasteiger partial charge is 0.340 e. The van der Waals surface area contributed by atoms with Gasteiger partial charge in [0.25, 0.3) is 0 Å². The van der Waals surface area contributed by atoms with Crippen molar-refractivity contribution in [1.82, 2.24) is 0 Å². The lowest BCUT2D eigenvalue weighted by atomic mass is 9.80. The minimum absolute atomic E-state index is 0.0659. The second-order valence-corrected chi connectivity index (χ2v) is 6.72. The zero-order valence-electron chi connectivity index (χ0n) is 14.7. The number of ether oxygens (including phenoxy) is 2. The number of esters is 1. The van der Waals surface area contributed by atoms with Gasteiger partial charge >= 0.3 is 5.97 Å². The molecular weight excluding hydrogens is 362 g/mol. The number of halogens is 1. The lowest BCUT2D eigenvalue weighted by molar-refractivity contribution is -0.139. The molecule has 0 spiro atoms. The number of fused-ring (bicyclic) bond motifs is 3. The number of nitrogens with two attached hydrogens (primary N) is 1. The van der Waals surface area contributed by atoms with Crippen LogP contribution in [0.2, 0.25) is 5.02 Å². The largest absolute Gasteiger partial charge is 0.462 e. The van der Waals surface area contributed by atoms with E-state index in [9.17, 15) is 4.79 Å². The predicted molar refractivity (Wildman–Crippen MR) is 106 cm³/mol. The Morgan fingerprint density at radius 3 is 2.59 bits per heavy atom. The highest BCUT2D eigenvalue weighted by molar-refractivity contribution is 6.30. The molecular formula is C22H18ClNO3. The van der Waals surface area contributed by atoms with Crippen molar-refractivity contribution < 1.29 is 14.3 Å². The summed E-state index contributed by atoms with van der Waals surface area (Å²) in [4.78, 5) is 12.7. The highest BCUT2D eigenvalue weighted by Crippen LogP contribution is 2.46.